The lowest BCUT2D eigenvalue weighted by Gasteiger charge is -2.16. The van der Waals surface area contributed by atoms with Crippen molar-refractivity contribution in [2.75, 3.05) is 5.32 Å². The molecule has 0 saturated heterocycles. The number of anilines is 2. The third-order valence-electron chi connectivity index (χ3n) is 5.81. The van der Waals surface area contributed by atoms with Crippen LogP contribution < -0.4 is 15.8 Å². The summed E-state index contributed by atoms with van der Waals surface area (Å²) in [4.78, 5) is 25.0. The number of carbonyl (C=O) groups excluding carboxylic acids is 1. The highest BCUT2D eigenvalue weighted by atomic mass is 79.9. The number of primary amides is 1. The first-order valence-corrected chi connectivity index (χ1v) is 12.1. The van der Waals surface area contributed by atoms with Crippen LogP contribution in [0.1, 0.15) is 23.6 Å². The molecule has 0 spiro atoms. The molecular formula is C27H23BrN6O2. The Labute approximate surface area is 216 Å². The van der Waals surface area contributed by atoms with E-state index >= 15 is 0 Å². The summed E-state index contributed by atoms with van der Waals surface area (Å²) in [7, 11) is 1.96. The summed E-state index contributed by atoms with van der Waals surface area (Å²) in [5, 5.41) is 3.35. The van der Waals surface area contributed by atoms with Gasteiger partial charge >= 0.3 is 0 Å². The van der Waals surface area contributed by atoms with Gasteiger partial charge in [-0.1, -0.05) is 15.9 Å². The molecule has 0 aliphatic heterocycles. The highest BCUT2D eigenvalue weighted by molar-refractivity contribution is 9.10. The Hall–Kier alpha value is -4.24. The summed E-state index contributed by atoms with van der Waals surface area (Å²) in [6, 6.07) is 21.0. The number of aromatic nitrogens is 4. The van der Waals surface area contributed by atoms with Crippen LogP contribution in [0.5, 0.6) is 11.5 Å². The molecule has 3 N–H and O–H groups in total. The van der Waals surface area contributed by atoms with Gasteiger partial charge in [-0.05, 0) is 60.2 Å². The zero-order valence-electron chi connectivity index (χ0n) is 19.4. The zero-order chi connectivity index (χ0) is 25.1. The lowest BCUT2D eigenvalue weighted by Crippen LogP contribution is -2.17. The molecule has 3 heterocycles. The molecule has 0 fully saturated rings. The van der Waals surface area contributed by atoms with Gasteiger partial charge in [-0.2, -0.15) is 0 Å². The van der Waals surface area contributed by atoms with E-state index in [-0.39, 0.29) is 12.3 Å². The fourth-order valence-corrected chi connectivity index (χ4v) is 4.29. The molecule has 3 aromatic heterocycles. The first-order chi connectivity index (χ1) is 17.5. The average Bonchev–Trinajstić information content (AvgIpc) is 3.18. The molecule has 0 bridgehead atoms. The number of hydrogen-bond acceptors (Lipinski definition) is 6. The van der Waals surface area contributed by atoms with Crippen molar-refractivity contribution in [3.8, 4) is 11.5 Å². The van der Waals surface area contributed by atoms with Gasteiger partial charge in [0.2, 0.25) is 11.9 Å². The van der Waals surface area contributed by atoms with Crippen molar-refractivity contribution < 1.29 is 9.53 Å². The lowest BCUT2D eigenvalue weighted by molar-refractivity contribution is -0.118. The fourth-order valence-electron chi connectivity index (χ4n) is 4.03. The van der Waals surface area contributed by atoms with Gasteiger partial charge in [0.1, 0.15) is 11.5 Å². The van der Waals surface area contributed by atoms with Crippen molar-refractivity contribution in [1.82, 2.24) is 19.5 Å². The predicted octanol–water partition coefficient (Wildman–Crippen LogP) is 5.67. The number of rotatable bonds is 8. The molecule has 1 unspecified atom stereocenters. The van der Waals surface area contributed by atoms with Crippen LogP contribution in [-0.2, 0) is 11.8 Å². The molecule has 36 heavy (non-hydrogen) atoms. The smallest absolute Gasteiger partial charge is 0.218 e. The summed E-state index contributed by atoms with van der Waals surface area (Å²) in [6.45, 7) is 0. The summed E-state index contributed by atoms with van der Waals surface area (Å²) >= 11 is 3.45. The highest BCUT2D eigenvalue weighted by Gasteiger charge is 2.19. The molecule has 5 aromatic rings. The summed E-state index contributed by atoms with van der Waals surface area (Å²) in [6.07, 6.45) is 5.17. The second kappa shape index (κ2) is 10.2. The van der Waals surface area contributed by atoms with Crippen LogP contribution in [0.3, 0.4) is 0 Å². The molecular weight excluding hydrogens is 520 g/mol. The maximum absolute atomic E-state index is 11.7. The van der Waals surface area contributed by atoms with Gasteiger partial charge in [-0.3, -0.25) is 14.8 Å². The predicted molar refractivity (Wildman–Crippen MR) is 142 cm³/mol. The average molecular weight is 543 g/mol. The SMILES string of the molecule is Cn1c(Nc2ccc(Br)cc2)nc2cc(Oc3ccnc(C(CC(N)=O)c4ccncc4)c3)ccc21. The fraction of sp³-hybridized carbons (Fsp3) is 0.111. The summed E-state index contributed by atoms with van der Waals surface area (Å²) in [5.41, 5.74) is 9.83. The molecule has 1 atom stereocenters. The van der Waals surface area contributed by atoms with Gasteiger partial charge < -0.3 is 20.4 Å². The first-order valence-electron chi connectivity index (χ1n) is 11.3. The van der Waals surface area contributed by atoms with Gasteiger partial charge in [0, 0.05) is 60.3 Å². The number of nitrogens with two attached hydrogens (primary N) is 1. The van der Waals surface area contributed by atoms with Crippen LogP contribution >= 0.6 is 15.9 Å². The minimum absolute atomic E-state index is 0.133. The lowest BCUT2D eigenvalue weighted by atomic mass is 9.92. The van der Waals surface area contributed by atoms with E-state index in [0.717, 1.165) is 32.7 Å². The van der Waals surface area contributed by atoms with Gasteiger partial charge in [-0.15, -0.1) is 0 Å². The Bertz CT molecular complexity index is 1520. The van der Waals surface area contributed by atoms with Crippen molar-refractivity contribution in [2.45, 2.75) is 12.3 Å². The van der Waals surface area contributed by atoms with Crippen molar-refractivity contribution >= 4 is 44.5 Å². The summed E-state index contributed by atoms with van der Waals surface area (Å²) in [5.74, 6) is 1.27. The standard InChI is InChI=1S/C27H23BrN6O2/c1-34-25-7-6-20(15-24(25)33-27(34)32-19-4-2-18(28)3-5-19)36-21-10-13-31-23(14-21)22(16-26(29)35)17-8-11-30-12-9-17/h2-15,22H,16H2,1H3,(H2,29,35)(H,32,33). The number of amides is 1. The number of aryl methyl sites for hydroxylation is 1. The Morgan fingerprint density at radius 3 is 2.53 bits per heavy atom. The maximum atomic E-state index is 11.7. The quantitative estimate of drug-likeness (QED) is 0.261. The largest absolute Gasteiger partial charge is 0.457 e. The molecule has 1 amide bonds. The van der Waals surface area contributed by atoms with E-state index in [2.05, 4.69) is 31.2 Å². The molecule has 5 rings (SSSR count). The molecule has 0 aliphatic rings. The van der Waals surface area contributed by atoms with E-state index in [1.165, 1.54) is 0 Å². The third-order valence-corrected chi connectivity index (χ3v) is 6.34. The number of nitrogens with one attached hydrogen (secondary N) is 1. The van der Waals surface area contributed by atoms with Gasteiger partial charge in [0.15, 0.2) is 0 Å². The van der Waals surface area contributed by atoms with Crippen LogP contribution in [0.25, 0.3) is 11.0 Å². The molecule has 2 aromatic carbocycles. The Morgan fingerprint density at radius 1 is 1.03 bits per heavy atom. The Morgan fingerprint density at radius 2 is 1.78 bits per heavy atom. The normalized spacial score (nSPS) is 11.8. The van der Waals surface area contributed by atoms with E-state index in [1.54, 1.807) is 24.7 Å². The van der Waals surface area contributed by atoms with Crippen molar-refractivity contribution in [3.05, 3.63) is 101 Å². The second-order valence-corrected chi connectivity index (χ2v) is 9.21. The number of carbonyl (C=O) groups is 1. The number of imidazole rings is 1. The minimum Gasteiger partial charge on any atom is -0.457 e. The van der Waals surface area contributed by atoms with Crippen LogP contribution in [0, 0.1) is 0 Å². The minimum atomic E-state index is -0.405. The number of ether oxygens (including phenoxy) is 1. The molecule has 0 aliphatic carbocycles. The van der Waals surface area contributed by atoms with Crippen LogP contribution in [0.2, 0.25) is 0 Å². The van der Waals surface area contributed by atoms with E-state index in [0.29, 0.717) is 17.2 Å². The maximum Gasteiger partial charge on any atom is 0.218 e. The summed E-state index contributed by atoms with van der Waals surface area (Å²) < 4.78 is 9.16. The van der Waals surface area contributed by atoms with E-state index < -0.39 is 5.91 Å². The molecule has 8 nitrogen and oxygen atoms in total. The zero-order valence-corrected chi connectivity index (χ0v) is 21.0. The number of benzene rings is 2. The van der Waals surface area contributed by atoms with E-state index in [4.69, 9.17) is 15.5 Å². The van der Waals surface area contributed by atoms with Crippen molar-refractivity contribution in [2.24, 2.45) is 12.8 Å². The Balaban J connectivity index is 1.40. The van der Waals surface area contributed by atoms with Gasteiger partial charge in [0.25, 0.3) is 0 Å². The first kappa shape index (κ1) is 23.5. The molecule has 0 radical (unpaired) electrons. The molecule has 9 heteroatoms. The number of pyridine rings is 2. The highest BCUT2D eigenvalue weighted by Crippen LogP contribution is 2.31. The topological polar surface area (TPSA) is 108 Å². The number of nitrogens with zero attached hydrogens (tertiary/aromatic N) is 4. The van der Waals surface area contributed by atoms with E-state index in [1.807, 2.05) is 72.3 Å². The van der Waals surface area contributed by atoms with Crippen LogP contribution in [0.4, 0.5) is 11.6 Å². The van der Waals surface area contributed by atoms with Gasteiger partial charge in [0.05, 0.1) is 16.7 Å². The van der Waals surface area contributed by atoms with Crippen LogP contribution in [0.15, 0.2) is 89.8 Å². The third kappa shape index (κ3) is 5.21. The van der Waals surface area contributed by atoms with Gasteiger partial charge in [-0.25, -0.2) is 4.98 Å². The monoisotopic (exact) mass is 542 g/mol. The van der Waals surface area contributed by atoms with E-state index in [9.17, 15) is 4.79 Å². The molecule has 0 saturated carbocycles. The molecule has 180 valence electrons. The Kier molecular flexibility index (Phi) is 6.64. The number of fused-ring (bicyclic) bond motifs is 1. The van der Waals surface area contributed by atoms with Crippen LogP contribution in [-0.4, -0.2) is 25.4 Å². The number of halogens is 1. The van der Waals surface area contributed by atoms with Crippen molar-refractivity contribution in [1.29, 1.82) is 0 Å². The van der Waals surface area contributed by atoms with Crippen molar-refractivity contribution in [3.63, 3.8) is 0 Å². The number of hydrogen-bond donors (Lipinski definition) is 2. The second-order valence-electron chi connectivity index (χ2n) is 8.30.